The molecule has 0 aromatic rings. The molecule has 0 bridgehead atoms. The van der Waals surface area contributed by atoms with E-state index in [-0.39, 0.29) is 0 Å². The number of ether oxygens (including phenoxy) is 1. The second-order valence-electron chi connectivity index (χ2n) is 3.33. The van der Waals surface area contributed by atoms with Gasteiger partial charge in [0.25, 0.3) is 0 Å². The minimum atomic E-state index is 0.779. The highest BCUT2D eigenvalue weighted by atomic mass is 79.9. The molecular weight excluding hydrogens is 218 g/mol. The topological polar surface area (TPSA) is 12.5 Å². The van der Waals surface area contributed by atoms with Crippen molar-refractivity contribution in [3.05, 3.63) is 0 Å². The van der Waals surface area contributed by atoms with Crippen LogP contribution in [0, 0.1) is 0 Å². The quantitative estimate of drug-likeness (QED) is 0.533. The predicted molar refractivity (Wildman–Crippen MR) is 54.9 cm³/mol. The third kappa shape index (κ3) is 3.04. The molecule has 0 aromatic carbocycles. The minimum Gasteiger partial charge on any atom is -0.385 e. The largest absolute Gasteiger partial charge is 0.385 e. The normalized spacial score (nSPS) is 25.0. The van der Waals surface area contributed by atoms with E-state index in [9.17, 15) is 0 Å². The molecule has 3 heteroatoms. The van der Waals surface area contributed by atoms with E-state index in [4.69, 9.17) is 4.74 Å². The van der Waals surface area contributed by atoms with Crippen LogP contribution in [-0.2, 0) is 4.74 Å². The van der Waals surface area contributed by atoms with Crippen molar-refractivity contribution in [2.75, 3.05) is 32.1 Å². The van der Waals surface area contributed by atoms with Gasteiger partial charge in [0.15, 0.2) is 0 Å². The van der Waals surface area contributed by atoms with Gasteiger partial charge in [-0.05, 0) is 25.8 Å². The Morgan fingerprint density at radius 3 is 3.08 bits per heavy atom. The van der Waals surface area contributed by atoms with E-state index in [0.29, 0.717) is 0 Å². The van der Waals surface area contributed by atoms with Crippen molar-refractivity contribution in [2.45, 2.75) is 25.3 Å². The fraction of sp³-hybridized carbons (Fsp3) is 1.00. The summed E-state index contributed by atoms with van der Waals surface area (Å²) >= 11 is 3.55. The molecule has 1 aliphatic rings. The van der Waals surface area contributed by atoms with Crippen molar-refractivity contribution >= 4 is 15.9 Å². The first-order chi connectivity index (χ1) is 5.88. The maximum Gasteiger partial charge on any atom is 0.0474 e. The molecule has 0 saturated carbocycles. The average Bonchev–Trinajstić information content (AvgIpc) is 2.52. The zero-order valence-corrected chi connectivity index (χ0v) is 9.35. The monoisotopic (exact) mass is 235 g/mol. The summed E-state index contributed by atoms with van der Waals surface area (Å²) in [6, 6.07) is 0.779. The SMILES string of the molecule is COCCCN1CCCC1CBr. The van der Waals surface area contributed by atoms with Crippen LogP contribution in [0.25, 0.3) is 0 Å². The van der Waals surface area contributed by atoms with Crippen molar-refractivity contribution < 1.29 is 4.74 Å². The van der Waals surface area contributed by atoms with Crippen molar-refractivity contribution in [3.63, 3.8) is 0 Å². The number of rotatable bonds is 5. The third-order valence-electron chi connectivity index (χ3n) is 2.47. The summed E-state index contributed by atoms with van der Waals surface area (Å²) in [4.78, 5) is 2.56. The van der Waals surface area contributed by atoms with Crippen LogP contribution in [0.2, 0.25) is 0 Å². The summed E-state index contributed by atoms with van der Waals surface area (Å²) in [6.07, 6.45) is 3.89. The van der Waals surface area contributed by atoms with Crippen molar-refractivity contribution in [3.8, 4) is 0 Å². The van der Waals surface area contributed by atoms with Gasteiger partial charge in [-0.25, -0.2) is 0 Å². The van der Waals surface area contributed by atoms with E-state index in [2.05, 4.69) is 20.8 Å². The first-order valence-corrected chi connectivity index (χ1v) is 5.79. The summed E-state index contributed by atoms with van der Waals surface area (Å²) in [5.74, 6) is 0. The summed E-state index contributed by atoms with van der Waals surface area (Å²) in [5.41, 5.74) is 0. The van der Waals surface area contributed by atoms with Gasteiger partial charge in [0.1, 0.15) is 0 Å². The van der Waals surface area contributed by atoms with Crippen LogP contribution in [0.5, 0.6) is 0 Å². The van der Waals surface area contributed by atoms with Gasteiger partial charge in [0.2, 0.25) is 0 Å². The van der Waals surface area contributed by atoms with E-state index in [0.717, 1.165) is 18.0 Å². The standard InChI is InChI=1S/C9H18BrNO/c1-12-7-3-6-11-5-2-4-9(11)8-10/h9H,2-8H2,1H3. The van der Waals surface area contributed by atoms with Crippen LogP contribution in [0.4, 0.5) is 0 Å². The smallest absolute Gasteiger partial charge is 0.0474 e. The van der Waals surface area contributed by atoms with Crippen molar-refractivity contribution in [2.24, 2.45) is 0 Å². The zero-order chi connectivity index (χ0) is 8.81. The van der Waals surface area contributed by atoms with Crippen LogP contribution in [0.1, 0.15) is 19.3 Å². The van der Waals surface area contributed by atoms with Crippen molar-refractivity contribution in [1.82, 2.24) is 4.90 Å². The number of alkyl halides is 1. The zero-order valence-electron chi connectivity index (χ0n) is 7.76. The molecule has 1 atom stereocenters. The molecule has 1 heterocycles. The van der Waals surface area contributed by atoms with E-state index in [1.165, 1.54) is 32.4 Å². The highest BCUT2D eigenvalue weighted by molar-refractivity contribution is 9.09. The molecule has 2 nitrogen and oxygen atoms in total. The van der Waals surface area contributed by atoms with Gasteiger partial charge in [-0.1, -0.05) is 15.9 Å². The number of hydrogen-bond acceptors (Lipinski definition) is 2. The van der Waals surface area contributed by atoms with E-state index < -0.39 is 0 Å². The first-order valence-electron chi connectivity index (χ1n) is 4.67. The number of hydrogen-bond donors (Lipinski definition) is 0. The second kappa shape index (κ2) is 5.95. The molecule has 1 aliphatic heterocycles. The molecule has 0 N–H and O–H groups in total. The molecule has 1 rings (SSSR count). The minimum absolute atomic E-state index is 0.779. The van der Waals surface area contributed by atoms with Crippen LogP contribution < -0.4 is 0 Å². The Morgan fingerprint density at radius 2 is 2.42 bits per heavy atom. The summed E-state index contributed by atoms with van der Waals surface area (Å²) in [7, 11) is 1.77. The highest BCUT2D eigenvalue weighted by Gasteiger charge is 2.22. The van der Waals surface area contributed by atoms with Gasteiger partial charge in [-0.15, -0.1) is 0 Å². The lowest BCUT2D eigenvalue weighted by molar-refractivity contribution is 0.171. The Balaban J connectivity index is 2.12. The van der Waals surface area contributed by atoms with Crippen LogP contribution in [-0.4, -0.2) is 43.1 Å². The summed E-state index contributed by atoms with van der Waals surface area (Å²) in [5, 5.41) is 1.12. The maximum atomic E-state index is 5.03. The Labute approximate surface area is 83.4 Å². The number of nitrogens with zero attached hydrogens (tertiary/aromatic N) is 1. The lowest BCUT2D eigenvalue weighted by Crippen LogP contribution is -2.31. The van der Waals surface area contributed by atoms with Crippen LogP contribution >= 0.6 is 15.9 Å². The van der Waals surface area contributed by atoms with Crippen LogP contribution in [0.3, 0.4) is 0 Å². The van der Waals surface area contributed by atoms with Gasteiger partial charge in [0, 0.05) is 31.6 Å². The lowest BCUT2D eigenvalue weighted by atomic mass is 10.2. The van der Waals surface area contributed by atoms with Gasteiger partial charge >= 0.3 is 0 Å². The highest BCUT2D eigenvalue weighted by Crippen LogP contribution is 2.18. The molecule has 1 unspecified atom stereocenters. The van der Waals surface area contributed by atoms with Gasteiger partial charge in [0.05, 0.1) is 0 Å². The van der Waals surface area contributed by atoms with Crippen LogP contribution in [0.15, 0.2) is 0 Å². The van der Waals surface area contributed by atoms with E-state index in [1.807, 2.05) is 0 Å². The Morgan fingerprint density at radius 1 is 1.58 bits per heavy atom. The molecule has 0 amide bonds. The van der Waals surface area contributed by atoms with Gasteiger partial charge in [-0.3, -0.25) is 4.90 Å². The van der Waals surface area contributed by atoms with Crippen molar-refractivity contribution in [1.29, 1.82) is 0 Å². The Hall–Kier alpha value is 0.400. The Bertz CT molecular complexity index is 121. The molecule has 72 valence electrons. The molecule has 12 heavy (non-hydrogen) atoms. The molecule has 1 saturated heterocycles. The molecular formula is C9H18BrNO. The Kier molecular flexibility index (Phi) is 5.19. The first kappa shape index (κ1) is 10.5. The average molecular weight is 236 g/mol. The number of methoxy groups -OCH3 is 1. The van der Waals surface area contributed by atoms with E-state index in [1.54, 1.807) is 7.11 Å². The number of likely N-dealkylation sites (tertiary alicyclic amines) is 1. The predicted octanol–water partition coefficient (Wildman–Crippen LogP) is 1.88. The summed E-state index contributed by atoms with van der Waals surface area (Å²) < 4.78 is 5.03. The molecule has 1 fully saturated rings. The van der Waals surface area contributed by atoms with Gasteiger partial charge in [-0.2, -0.15) is 0 Å². The molecule has 0 spiro atoms. The summed E-state index contributed by atoms with van der Waals surface area (Å²) in [6.45, 7) is 3.37. The fourth-order valence-corrected chi connectivity index (χ4v) is 2.51. The van der Waals surface area contributed by atoms with Gasteiger partial charge < -0.3 is 4.74 Å². The molecule has 0 aromatic heterocycles. The lowest BCUT2D eigenvalue weighted by Gasteiger charge is -2.22. The van der Waals surface area contributed by atoms with E-state index >= 15 is 0 Å². The number of halogens is 1. The third-order valence-corrected chi connectivity index (χ3v) is 3.22. The fourth-order valence-electron chi connectivity index (χ4n) is 1.78. The maximum absolute atomic E-state index is 5.03. The molecule has 0 aliphatic carbocycles. The molecule has 0 radical (unpaired) electrons. The second-order valence-corrected chi connectivity index (χ2v) is 3.98.